The second kappa shape index (κ2) is 6.52. The molecule has 1 atom stereocenters. The highest BCUT2D eigenvalue weighted by Gasteiger charge is 2.29. The van der Waals surface area contributed by atoms with Crippen molar-refractivity contribution in [1.29, 1.82) is 5.26 Å². The number of nitrogens with zero attached hydrogens (tertiary/aromatic N) is 1. The summed E-state index contributed by atoms with van der Waals surface area (Å²) in [7, 11) is 0. The Morgan fingerprint density at radius 3 is 2.42 bits per heavy atom. The van der Waals surface area contributed by atoms with Crippen LogP contribution >= 0.6 is 0 Å². The van der Waals surface area contributed by atoms with E-state index in [0.29, 0.717) is 0 Å². The summed E-state index contributed by atoms with van der Waals surface area (Å²) in [5.41, 5.74) is 2.10. The third-order valence-corrected chi connectivity index (χ3v) is 4.14. The van der Waals surface area contributed by atoms with E-state index in [9.17, 15) is 10.1 Å². The molecule has 0 radical (unpaired) electrons. The third kappa shape index (κ3) is 3.23. The van der Waals surface area contributed by atoms with E-state index in [1.165, 1.54) is 12.0 Å². The molecule has 0 bridgehead atoms. The van der Waals surface area contributed by atoms with Crippen molar-refractivity contribution in [2.24, 2.45) is 5.92 Å². The smallest absolute Gasteiger partial charge is 0.157 e. The van der Waals surface area contributed by atoms with Crippen molar-refractivity contribution in [3.8, 4) is 6.07 Å². The Kier molecular flexibility index (Phi) is 4.74. The maximum atomic E-state index is 12.5. The van der Waals surface area contributed by atoms with Crippen LogP contribution in [-0.4, -0.2) is 5.78 Å². The van der Waals surface area contributed by atoms with Crippen LogP contribution in [0.1, 0.15) is 56.1 Å². The van der Waals surface area contributed by atoms with E-state index < -0.39 is 5.92 Å². The average Bonchev–Trinajstić information content (AvgIpc) is 2.49. The number of carbonyl (C=O) groups is 1. The van der Waals surface area contributed by atoms with Crippen LogP contribution in [-0.2, 0) is 11.2 Å². The Balaban J connectivity index is 2.14. The second-order valence-corrected chi connectivity index (χ2v) is 5.39. The fourth-order valence-corrected chi connectivity index (χ4v) is 2.87. The van der Waals surface area contributed by atoms with Crippen LogP contribution < -0.4 is 0 Å². The lowest BCUT2D eigenvalue weighted by atomic mass is 9.80. The minimum absolute atomic E-state index is 0.101. The molecule has 2 nitrogen and oxygen atoms in total. The minimum atomic E-state index is -0.575. The molecule has 100 valence electrons. The lowest BCUT2D eigenvalue weighted by molar-refractivity contribution is -0.124. The molecule has 0 heterocycles. The molecule has 2 rings (SSSR count). The van der Waals surface area contributed by atoms with Crippen molar-refractivity contribution in [3.63, 3.8) is 0 Å². The Bertz CT molecular complexity index is 463. The van der Waals surface area contributed by atoms with Crippen LogP contribution in [0.4, 0.5) is 0 Å². The normalized spacial score (nSPS) is 17.7. The highest BCUT2D eigenvalue weighted by Crippen LogP contribution is 2.30. The largest absolute Gasteiger partial charge is 0.298 e. The Morgan fingerprint density at radius 2 is 1.89 bits per heavy atom. The molecule has 1 aromatic rings. The highest BCUT2D eigenvalue weighted by molar-refractivity contribution is 5.90. The van der Waals surface area contributed by atoms with Gasteiger partial charge in [-0.05, 0) is 30.4 Å². The van der Waals surface area contributed by atoms with Crippen molar-refractivity contribution in [2.45, 2.75) is 51.4 Å². The molecule has 0 spiro atoms. The van der Waals surface area contributed by atoms with Gasteiger partial charge < -0.3 is 0 Å². The summed E-state index contributed by atoms with van der Waals surface area (Å²) in [5, 5.41) is 9.34. The van der Waals surface area contributed by atoms with Gasteiger partial charge in [0.25, 0.3) is 0 Å². The van der Waals surface area contributed by atoms with Crippen molar-refractivity contribution < 1.29 is 4.79 Å². The zero-order valence-electron chi connectivity index (χ0n) is 11.6. The van der Waals surface area contributed by atoms with E-state index in [0.717, 1.165) is 37.7 Å². The van der Waals surface area contributed by atoms with Crippen molar-refractivity contribution in [2.75, 3.05) is 0 Å². The third-order valence-electron chi connectivity index (χ3n) is 4.14. The van der Waals surface area contributed by atoms with E-state index in [1.54, 1.807) is 0 Å². The number of rotatable bonds is 4. The maximum Gasteiger partial charge on any atom is 0.157 e. The number of carbonyl (C=O) groups excluding carboxylic acids is 1. The molecule has 1 aliphatic rings. The first-order valence-corrected chi connectivity index (χ1v) is 7.28. The Morgan fingerprint density at radius 1 is 1.26 bits per heavy atom. The molecule has 19 heavy (non-hydrogen) atoms. The van der Waals surface area contributed by atoms with E-state index in [4.69, 9.17) is 0 Å². The van der Waals surface area contributed by atoms with Crippen LogP contribution in [0, 0.1) is 17.2 Å². The summed E-state index contributed by atoms with van der Waals surface area (Å²) in [6, 6.07) is 10.1. The van der Waals surface area contributed by atoms with Crippen LogP contribution in [0.2, 0.25) is 0 Å². The second-order valence-electron chi connectivity index (χ2n) is 5.39. The summed E-state index contributed by atoms with van der Waals surface area (Å²) >= 11 is 0. The van der Waals surface area contributed by atoms with Gasteiger partial charge >= 0.3 is 0 Å². The molecule has 0 N–H and O–H groups in total. The lowest BCUT2D eigenvalue weighted by Gasteiger charge is -2.22. The van der Waals surface area contributed by atoms with Gasteiger partial charge in [0.1, 0.15) is 5.92 Å². The van der Waals surface area contributed by atoms with Crippen molar-refractivity contribution in [1.82, 2.24) is 0 Å². The average molecular weight is 255 g/mol. The van der Waals surface area contributed by atoms with E-state index >= 15 is 0 Å². The number of hydrogen-bond donors (Lipinski definition) is 0. The Labute approximate surface area is 115 Å². The SMILES string of the molecule is CCc1ccc(C(C#N)C(=O)C2CCCCC2)cc1. The summed E-state index contributed by atoms with van der Waals surface area (Å²) in [4.78, 5) is 12.5. The maximum absolute atomic E-state index is 12.5. The molecule has 0 saturated heterocycles. The summed E-state index contributed by atoms with van der Waals surface area (Å²) in [6.45, 7) is 2.10. The molecule has 2 heteroatoms. The predicted octanol–water partition coefficient (Wildman–Crippen LogP) is 4.01. The predicted molar refractivity (Wildman–Crippen MR) is 75.8 cm³/mol. The van der Waals surface area contributed by atoms with Crippen LogP contribution in [0.3, 0.4) is 0 Å². The van der Waals surface area contributed by atoms with Crippen LogP contribution in [0.15, 0.2) is 24.3 Å². The summed E-state index contributed by atoms with van der Waals surface area (Å²) in [5.74, 6) is -0.343. The number of hydrogen-bond acceptors (Lipinski definition) is 2. The minimum Gasteiger partial charge on any atom is -0.298 e. The molecule has 0 aromatic heterocycles. The van der Waals surface area contributed by atoms with Crippen LogP contribution in [0.25, 0.3) is 0 Å². The molecule has 1 saturated carbocycles. The molecule has 0 amide bonds. The fourth-order valence-electron chi connectivity index (χ4n) is 2.87. The number of Topliss-reactive ketones (excluding diaryl/α,β-unsaturated/α-hetero) is 1. The number of aryl methyl sites for hydroxylation is 1. The number of nitriles is 1. The van der Waals surface area contributed by atoms with Gasteiger partial charge in [-0.3, -0.25) is 4.79 Å². The van der Waals surface area contributed by atoms with Gasteiger partial charge in [-0.1, -0.05) is 50.5 Å². The van der Waals surface area contributed by atoms with Gasteiger partial charge in [0, 0.05) is 5.92 Å². The quantitative estimate of drug-likeness (QED) is 0.815. The molecular formula is C17H21NO. The molecule has 1 aromatic carbocycles. The fraction of sp³-hybridized carbons (Fsp3) is 0.529. The standard InChI is InChI=1S/C17H21NO/c1-2-13-8-10-14(11-9-13)16(12-18)17(19)15-6-4-3-5-7-15/h8-11,15-16H,2-7H2,1H3. The van der Waals surface area contributed by atoms with Gasteiger partial charge in [-0.15, -0.1) is 0 Å². The first kappa shape index (κ1) is 13.8. The van der Waals surface area contributed by atoms with Crippen molar-refractivity contribution in [3.05, 3.63) is 35.4 Å². The first-order chi connectivity index (χ1) is 9.26. The van der Waals surface area contributed by atoms with Gasteiger partial charge in [-0.2, -0.15) is 5.26 Å². The van der Waals surface area contributed by atoms with Crippen LogP contribution in [0.5, 0.6) is 0 Å². The van der Waals surface area contributed by atoms with Gasteiger partial charge in [0.15, 0.2) is 5.78 Å². The molecule has 1 aliphatic carbocycles. The summed E-state index contributed by atoms with van der Waals surface area (Å²) in [6.07, 6.45) is 6.39. The number of ketones is 1. The zero-order valence-corrected chi connectivity index (χ0v) is 11.6. The topological polar surface area (TPSA) is 40.9 Å². The van der Waals surface area contributed by atoms with Gasteiger partial charge in [0.05, 0.1) is 6.07 Å². The molecule has 0 aliphatic heterocycles. The van der Waals surface area contributed by atoms with Gasteiger partial charge in [0.2, 0.25) is 0 Å². The number of benzene rings is 1. The van der Waals surface area contributed by atoms with E-state index in [1.807, 2.05) is 24.3 Å². The Hall–Kier alpha value is -1.62. The van der Waals surface area contributed by atoms with Gasteiger partial charge in [-0.25, -0.2) is 0 Å². The zero-order chi connectivity index (χ0) is 13.7. The molecule has 1 fully saturated rings. The summed E-state index contributed by atoms with van der Waals surface area (Å²) < 4.78 is 0. The monoisotopic (exact) mass is 255 g/mol. The highest BCUT2D eigenvalue weighted by atomic mass is 16.1. The van der Waals surface area contributed by atoms with E-state index in [-0.39, 0.29) is 11.7 Å². The lowest BCUT2D eigenvalue weighted by Crippen LogP contribution is -2.23. The van der Waals surface area contributed by atoms with Crippen molar-refractivity contribution >= 4 is 5.78 Å². The van der Waals surface area contributed by atoms with E-state index in [2.05, 4.69) is 13.0 Å². The molecular weight excluding hydrogens is 234 g/mol. The molecule has 1 unspecified atom stereocenters. The first-order valence-electron chi connectivity index (χ1n) is 7.28.